The zero-order chi connectivity index (χ0) is 12.2. The number of anilines is 1. The molecule has 0 unspecified atom stereocenters. The molecule has 1 saturated carbocycles. The second-order valence-corrected chi connectivity index (χ2v) is 5.08. The van der Waals surface area contributed by atoms with E-state index in [4.69, 9.17) is 0 Å². The Hall–Kier alpha value is -1.64. The lowest BCUT2D eigenvalue weighted by Crippen LogP contribution is -2.19. The summed E-state index contributed by atoms with van der Waals surface area (Å²) < 4.78 is 0. The largest absolute Gasteiger partial charge is 0.366 e. The fraction of sp³-hybridized carbons (Fsp3) is 0.467. The SMILES string of the molecule is c1ccc2nc(NC3CCCCCC3)cnc2c1. The van der Waals surface area contributed by atoms with Crippen molar-refractivity contribution >= 4 is 16.9 Å². The summed E-state index contributed by atoms with van der Waals surface area (Å²) in [5, 5.41) is 3.54. The third kappa shape index (κ3) is 2.61. The molecule has 1 aliphatic carbocycles. The summed E-state index contributed by atoms with van der Waals surface area (Å²) in [5.41, 5.74) is 1.93. The highest BCUT2D eigenvalue weighted by Crippen LogP contribution is 2.20. The Labute approximate surface area is 108 Å². The molecule has 94 valence electrons. The number of para-hydroxylation sites is 2. The molecular weight excluding hydrogens is 222 g/mol. The molecule has 3 rings (SSSR count). The smallest absolute Gasteiger partial charge is 0.145 e. The molecule has 1 aromatic carbocycles. The quantitative estimate of drug-likeness (QED) is 0.813. The van der Waals surface area contributed by atoms with E-state index in [1.165, 1.54) is 38.5 Å². The number of nitrogens with zero attached hydrogens (tertiary/aromatic N) is 2. The molecule has 0 saturated heterocycles. The van der Waals surface area contributed by atoms with Crippen LogP contribution in [-0.4, -0.2) is 16.0 Å². The summed E-state index contributed by atoms with van der Waals surface area (Å²) in [5.74, 6) is 0.917. The van der Waals surface area contributed by atoms with Crippen LogP contribution in [0.3, 0.4) is 0 Å². The van der Waals surface area contributed by atoms with Crippen LogP contribution in [0, 0.1) is 0 Å². The molecule has 1 fully saturated rings. The highest BCUT2D eigenvalue weighted by Gasteiger charge is 2.12. The number of benzene rings is 1. The Bertz CT molecular complexity index is 516. The van der Waals surface area contributed by atoms with Crippen LogP contribution in [0.5, 0.6) is 0 Å². The van der Waals surface area contributed by atoms with Gasteiger partial charge < -0.3 is 5.32 Å². The molecule has 0 atom stereocenters. The van der Waals surface area contributed by atoms with E-state index < -0.39 is 0 Å². The Kier molecular flexibility index (Phi) is 3.40. The number of hydrogen-bond donors (Lipinski definition) is 1. The van der Waals surface area contributed by atoms with Crippen LogP contribution >= 0.6 is 0 Å². The van der Waals surface area contributed by atoms with Crippen LogP contribution in [0.1, 0.15) is 38.5 Å². The van der Waals surface area contributed by atoms with Crippen molar-refractivity contribution in [1.82, 2.24) is 9.97 Å². The van der Waals surface area contributed by atoms with Gasteiger partial charge in [-0.3, -0.25) is 4.98 Å². The Morgan fingerprint density at radius 3 is 2.44 bits per heavy atom. The fourth-order valence-corrected chi connectivity index (χ4v) is 2.66. The monoisotopic (exact) mass is 241 g/mol. The molecule has 0 amide bonds. The van der Waals surface area contributed by atoms with E-state index in [2.05, 4.69) is 15.3 Å². The van der Waals surface area contributed by atoms with Crippen LogP contribution in [0.2, 0.25) is 0 Å². The molecule has 18 heavy (non-hydrogen) atoms. The third-order valence-electron chi connectivity index (χ3n) is 3.66. The number of rotatable bonds is 2. The molecule has 1 N–H and O–H groups in total. The van der Waals surface area contributed by atoms with E-state index in [1.54, 1.807) is 0 Å². The van der Waals surface area contributed by atoms with Crippen molar-refractivity contribution in [2.75, 3.05) is 5.32 Å². The van der Waals surface area contributed by atoms with Gasteiger partial charge in [0.1, 0.15) is 5.82 Å². The van der Waals surface area contributed by atoms with Crippen molar-refractivity contribution in [3.63, 3.8) is 0 Å². The Morgan fingerprint density at radius 1 is 0.944 bits per heavy atom. The van der Waals surface area contributed by atoms with E-state index in [1.807, 2.05) is 30.5 Å². The predicted octanol–water partition coefficient (Wildman–Crippen LogP) is 3.76. The highest BCUT2D eigenvalue weighted by atomic mass is 15.0. The van der Waals surface area contributed by atoms with Crippen LogP contribution < -0.4 is 5.32 Å². The number of aromatic nitrogens is 2. The fourth-order valence-electron chi connectivity index (χ4n) is 2.66. The van der Waals surface area contributed by atoms with Gasteiger partial charge in [-0.2, -0.15) is 0 Å². The average molecular weight is 241 g/mol. The van der Waals surface area contributed by atoms with Gasteiger partial charge >= 0.3 is 0 Å². The summed E-state index contributed by atoms with van der Waals surface area (Å²) >= 11 is 0. The average Bonchev–Trinajstić information content (AvgIpc) is 2.67. The minimum Gasteiger partial charge on any atom is -0.366 e. The zero-order valence-corrected chi connectivity index (χ0v) is 10.6. The molecule has 0 bridgehead atoms. The predicted molar refractivity (Wildman–Crippen MR) is 74.7 cm³/mol. The van der Waals surface area contributed by atoms with Gasteiger partial charge in [0.2, 0.25) is 0 Å². The number of nitrogens with one attached hydrogen (secondary N) is 1. The maximum Gasteiger partial charge on any atom is 0.145 e. The Balaban J connectivity index is 1.77. The lowest BCUT2D eigenvalue weighted by Gasteiger charge is -2.16. The number of hydrogen-bond acceptors (Lipinski definition) is 3. The first-order chi connectivity index (χ1) is 8.92. The molecule has 1 aliphatic rings. The van der Waals surface area contributed by atoms with Gasteiger partial charge in [0.15, 0.2) is 0 Å². The van der Waals surface area contributed by atoms with Gasteiger partial charge in [-0.1, -0.05) is 37.8 Å². The van der Waals surface area contributed by atoms with Crippen molar-refractivity contribution in [2.24, 2.45) is 0 Å². The maximum absolute atomic E-state index is 4.63. The van der Waals surface area contributed by atoms with Crippen LogP contribution in [0.25, 0.3) is 11.0 Å². The standard InChI is InChI=1S/C15H19N3/c1-2-4-8-12(7-3-1)17-15-11-16-13-9-5-6-10-14(13)18-15/h5-6,9-12H,1-4,7-8H2,(H,17,18). The first-order valence-corrected chi connectivity index (χ1v) is 6.90. The molecule has 2 aromatic rings. The van der Waals surface area contributed by atoms with Gasteiger partial charge in [0.05, 0.1) is 17.2 Å². The van der Waals surface area contributed by atoms with E-state index in [0.717, 1.165) is 16.9 Å². The first kappa shape index (κ1) is 11.5. The van der Waals surface area contributed by atoms with Crippen molar-refractivity contribution in [3.8, 4) is 0 Å². The summed E-state index contributed by atoms with van der Waals surface area (Å²) in [6.45, 7) is 0. The molecule has 3 nitrogen and oxygen atoms in total. The van der Waals surface area contributed by atoms with Crippen molar-refractivity contribution in [2.45, 2.75) is 44.6 Å². The van der Waals surface area contributed by atoms with Crippen LogP contribution in [0.4, 0.5) is 5.82 Å². The maximum atomic E-state index is 4.63. The molecular formula is C15H19N3. The van der Waals surface area contributed by atoms with Gasteiger partial charge in [0.25, 0.3) is 0 Å². The topological polar surface area (TPSA) is 37.8 Å². The Morgan fingerprint density at radius 2 is 1.67 bits per heavy atom. The minimum atomic E-state index is 0.572. The van der Waals surface area contributed by atoms with Crippen molar-refractivity contribution < 1.29 is 0 Å². The summed E-state index contributed by atoms with van der Waals surface area (Å²) in [6, 6.07) is 8.59. The minimum absolute atomic E-state index is 0.572. The van der Waals surface area contributed by atoms with Gasteiger partial charge in [-0.15, -0.1) is 0 Å². The second-order valence-electron chi connectivity index (χ2n) is 5.08. The highest BCUT2D eigenvalue weighted by molar-refractivity contribution is 5.75. The van der Waals surface area contributed by atoms with Gasteiger partial charge in [0, 0.05) is 6.04 Å². The summed E-state index contributed by atoms with van der Waals surface area (Å²) in [4.78, 5) is 9.07. The molecule has 3 heteroatoms. The zero-order valence-electron chi connectivity index (χ0n) is 10.6. The van der Waals surface area contributed by atoms with E-state index in [0.29, 0.717) is 6.04 Å². The lowest BCUT2D eigenvalue weighted by atomic mass is 10.1. The summed E-state index contributed by atoms with van der Waals surface area (Å²) in [7, 11) is 0. The van der Waals surface area contributed by atoms with Gasteiger partial charge in [-0.05, 0) is 25.0 Å². The lowest BCUT2D eigenvalue weighted by molar-refractivity contribution is 0.617. The molecule has 0 radical (unpaired) electrons. The number of fused-ring (bicyclic) bond motifs is 1. The van der Waals surface area contributed by atoms with E-state index in [9.17, 15) is 0 Å². The van der Waals surface area contributed by atoms with E-state index in [-0.39, 0.29) is 0 Å². The van der Waals surface area contributed by atoms with E-state index >= 15 is 0 Å². The molecule has 0 spiro atoms. The van der Waals surface area contributed by atoms with Crippen LogP contribution in [0.15, 0.2) is 30.5 Å². The van der Waals surface area contributed by atoms with Crippen molar-refractivity contribution in [3.05, 3.63) is 30.5 Å². The molecule has 1 heterocycles. The van der Waals surface area contributed by atoms with Crippen molar-refractivity contribution in [1.29, 1.82) is 0 Å². The molecule has 0 aliphatic heterocycles. The third-order valence-corrected chi connectivity index (χ3v) is 3.66. The second kappa shape index (κ2) is 5.34. The molecule has 1 aromatic heterocycles. The van der Waals surface area contributed by atoms with Crippen LogP contribution in [-0.2, 0) is 0 Å². The normalized spacial score (nSPS) is 17.6. The summed E-state index contributed by atoms with van der Waals surface area (Å²) in [6.07, 6.45) is 9.79. The first-order valence-electron chi connectivity index (χ1n) is 6.90. The van der Waals surface area contributed by atoms with Gasteiger partial charge in [-0.25, -0.2) is 4.98 Å².